The van der Waals surface area contributed by atoms with Crippen LogP contribution in [-0.2, 0) is 11.3 Å². The third-order valence-electron chi connectivity index (χ3n) is 3.41. The van der Waals surface area contributed by atoms with Gasteiger partial charge in [0, 0.05) is 12.6 Å². The molecule has 0 aromatic heterocycles. The molecular weight excluding hydrogens is 226 g/mol. The first-order valence-corrected chi connectivity index (χ1v) is 6.82. The van der Waals surface area contributed by atoms with E-state index in [0.717, 1.165) is 24.8 Å². The Labute approximate surface area is 109 Å². The number of methoxy groups -OCH3 is 1. The van der Waals surface area contributed by atoms with Gasteiger partial charge in [-0.3, -0.25) is 0 Å². The predicted molar refractivity (Wildman–Crippen MR) is 72.9 cm³/mol. The first kappa shape index (κ1) is 13.4. The van der Waals surface area contributed by atoms with E-state index >= 15 is 0 Å². The molecule has 1 N–H and O–H groups in total. The second-order valence-corrected chi connectivity index (χ2v) is 4.84. The van der Waals surface area contributed by atoms with Crippen LogP contribution in [0.25, 0.3) is 0 Å². The fourth-order valence-corrected chi connectivity index (χ4v) is 2.39. The highest BCUT2D eigenvalue weighted by atomic mass is 16.5. The Morgan fingerprint density at radius 1 is 1.39 bits per heavy atom. The van der Waals surface area contributed by atoms with Crippen molar-refractivity contribution >= 4 is 0 Å². The molecule has 1 aliphatic rings. The van der Waals surface area contributed by atoms with Crippen molar-refractivity contribution in [3.05, 3.63) is 29.8 Å². The number of hydrogen-bond acceptors (Lipinski definition) is 3. The van der Waals surface area contributed by atoms with Gasteiger partial charge in [-0.1, -0.05) is 12.1 Å². The van der Waals surface area contributed by atoms with Gasteiger partial charge >= 0.3 is 0 Å². The molecule has 1 fully saturated rings. The minimum absolute atomic E-state index is 0.676. The molecule has 1 aliphatic heterocycles. The van der Waals surface area contributed by atoms with Crippen LogP contribution in [0.3, 0.4) is 0 Å². The summed E-state index contributed by atoms with van der Waals surface area (Å²) in [5, 5.41) is 3.51. The van der Waals surface area contributed by atoms with Gasteiger partial charge < -0.3 is 14.8 Å². The van der Waals surface area contributed by atoms with Crippen molar-refractivity contribution in [3.63, 3.8) is 0 Å². The standard InChI is InChI=1S/C15H23NO2/c1-17-15-8-2-5-13(11-15)12-18-10-4-7-14-6-3-9-16-14/h2,5,8,11,14,16H,3-4,6-7,9-10,12H2,1H3. The first-order chi connectivity index (χ1) is 8.88. The van der Waals surface area contributed by atoms with Crippen LogP contribution in [0.2, 0.25) is 0 Å². The summed E-state index contributed by atoms with van der Waals surface area (Å²) in [6.45, 7) is 2.71. The molecule has 3 nitrogen and oxygen atoms in total. The van der Waals surface area contributed by atoms with Gasteiger partial charge in [0.2, 0.25) is 0 Å². The van der Waals surface area contributed by atoms with Crippen LogP contribution < -0.4 is 10.1 Å². The zero-order valence-corrected chi connectivity index (χ0v) is 11.2. The molecule has 1 heterocycles. The Hall–Kier alpha value is -1.06. The summed E-state index contributed by atoms with van der Waals surface area (Å²) in [7, 11) is 1.69. The topological polar surface area (TPSA) is 30.5 Å². The Morgan fingerprint density at radius 2 is 2.33 bits per heavy atom. The van der Waals surface area contributed by atoms with Gasteiger partial charge in [0.25, 0.3) is 0 Å². The third kappa shape index (κ3) is 4.31. The van der Waals surface area contributed by atoms with Gasteiger partial charge in [-0.05, 0) is 49.9 Å². The van der Waals surface area contributed by atoms with Crippen LogP contribution in [0.1, 0.15) is 31.2 Å². The zero-order chi connectivity index (χ0) is 12.6. The van der Waals surface area contributed by atoms with Crippen molar-refractivity contribution in [2.24, 2.45) is 0 Å². The molecule has 0 saturated carbocycles. The van der Waals surface area contributed by atoms with Gasteiger partial charge in [0.05, 0.1) is 13.7 Å². The van der Waals surface area contributed by atoms with E-state index in [4.69, 9.17) is 9.47 Å². The van der Waals surface area contributed by atoms with Crippen LogP contribution in [0.15, 0.2) is 24.3 Å². The van der Waals surface area contributed by atoms with Crippen LogP contribution in [0, 0.1) is 0 Å². The second-order valence-electron chi connectivity index (χ2n) is 4.84. The summed E-state index contributed by atoms with van der Waals surface area (Å²) < 4.78 is 10.9. The van der Waals surface area contributed by atoms with Crippen molar-refractivity contribution in [2.75, 3.05) is 20.3 Å². The molecule has 0 aliphatic carbocycles. The summed E-state index contributed by atoms with van der Waals surface area (Å²) in [6, 6.07) is 8.78. The van der Waals surface area contributed by atoms with E-state index in [1.54, 1.807) is 7.11 Å². The zero-order valence-electron chi connectivity index (χ0n) is 11.2. The lowest BCUT2D eigenvalue weighted by Crippen LogP contribution is -2.21. The molecule has 0 bridgehead atoms. The van der Waals surface area contributed by atoms with Crippen molar-refractivity contribution in [3.8, 4) is 5.75 Å². The normalized spacial score (nSPS) is 19.1. The van der Waals surface area contributed by atoms with E-state index in [9.17, 15) is 0 Å². The van der Waals surface area contributed by atoms with Crippen molar-refractivity contribution in [1.29, 1.82) is 0 Å². The lowest BCUT2D eigenvalue weighted by Gasteiger charge is -2.10. The number of nitrogens with one attached hydrogen (secondary N) is 1. The monoisotopic (exact) mass is 249 g/mol. The summed E-state index contributed by atoms with van der Waals surface area (Å²) in [6.07, 6.45) is 5.03. The highest BCUT2D eigenvalue weighted by Gasteiger charge is 2.12. The van der Waals surface area contributed by atoms with Crippen LogP contribution in [0.5, 0.6) is 5.75 Å². The molecule has 1 aromatic rings. The Morgan fingerprint density at radius 3 is 3.11 bits per heavy atom. The molecule has 2 rings (SSSR count). The van der Waals surface area contributed by atoms with Gasteiger partial charge in [0.1, 0.15) is 5.75 Å². The molecule has 0 amide bonds. The van der Waals surface area contributed by atoms with Gasteiger partial charge in [-0.15, -0.1) is 0 Å². The number of rotatable bonds is 7. The maximum atomic E-state index is 5.70. The fourth-order valence-electron chi connectivity index (χ4n) is 2.39. The molecular formula is C15H23NO2. The van der Waals surface area contributed by atoms with E-state index in [1.165, 1.54) is 31.4 Å². The number of benzene rings is 1. The minimum atomic E-state index is 0.676. The maximum absolute atomic E-state index is 5.70. The summed E-state index contributed by atoms with van der Waals surface area (Å²) in [5.74, 6) is 0.895. The lowest BCUT2D eigenvalue weighted by molar-refractivity contribution is 0.115. The number of hydrogen-bond donors (Lipinski definition) is 1. The van der Waals surface area contributed by atoms with Crippen LogP contribution in [-0.4, -0.2) is 26.3 Å². The van der Waals surface area contributed by atoms with E-state index in [0.29, 0.717) is 6.61 Å². The van der Waals surface area contributed by atoms with Gasteiger partial charge in [-0.25, -0.2) is 0 Å². The molecule has 0 spiro atoms. The second kappa shape index (κ2) is 7.39. The SMILES string of the molecule is COc1cccc(COCCCC2CCCN2)c1. The van der Waals surface area contributed by atoms with Crippen molar-refractivity contribution < 1.29 is 9.47 Å². The van der Waals surface area contributed by atoms with E-state index < -0.39 is 0 Å². The predicted octanol–water partition coefficient (Wildman–Crippen LogP) is 2.74. The quantitative estimate of drug-likeness (QED) is 0.754. The van der Waals surface area contributed by atoms with E-state index in [1.807, 2.05) is 18.2 Å². The van der Waals surface area contributed by atoms with Gasteiger partial charge in [-0.2, -0.15) is 0 Å². The largest absolute Gasteiger partial charge is 0.497 e. The molecule has 1 saturated heterocycles. The minimum Gasteiger partial charge on any atom is -0.497 e. The van der Waals surface area contributed by atoms with E-state index in [2.05, 4.69) is 11.4 Å². The van der Waals surface area contributed by atoms with Crippen molar-refractivity contribution in [1.82, 2.24) is 5.32 Å². The number of ether oxygens (including phenoxy) is 2. The fraction of sp³-hybridized carbons (Fsp3) is 0.600. The average Bonchev–Trinajstić information content (AvgIpc) is 2.92. The lowest BCUT2D eigenvalue weighted by atomic mass is 10.1. The summed E-state index contributed by atoms with van der Waals surface area (Å²) >= 11 is 0. The van der Waals surface area contributed by atoms with Gasteiger partial charge in [0.15, 0.2) is 0 Å². The molecule has 3 heteroatoms. The maximum Gasteiger partial charge on any atom is 0.119 e. The highest BCUT2D eigenvalue weighted by Crippen LogP contribution is 2.14. The Kier molecular flexibility index (Phi) is 5.49. The highest BCUT2D eigenvalue weighted by molar-refractivity contribution is 5.27. The van der Waals surface area contributed by atoms with Crippen LogP contribution in [0.4, 0.5) is 0 Å². The van der Waals surface area contributed by atoms with Crippen molar-refractivity contribution in [2.45, 2.75) is 38.3 Å². The summed E-state index contributed by atoms with van der Waals surface area (Å²) in [5.41, 5.74) is 1.17. The third-order valence-corrected chi connectivity index (χ3v) is 3.41. The van der Waals surface area contributed by atoms with Crippen LogP contribution >= 0.6 is 0 Å². The molecule has 1 atom stereocenters. The smallest absolute Gasteiger partial charge is 0.119 e. The molecule has 100 valence electrons. The Balaban J connectivity index is 1.59. The van der Waals surface area contributed by atoms with E-state index in [-0.39, 0.29) is 0 Å². The summed E-state index contributed by atoms with van der Waals surface area (Å²) in [4.78, 5) is 0. The Bertz CT molecular complexity index is 348. The molecule has 0 radical (unpaired) electrons. The molecule has 1 aromatic carbocycles. The first-order valence-electron chi connectivity index (χ1n) is 6.82. The average molecular weight is 249 g/mol. The molecule has 1 unspecified atom stereocenters. The molecule has 18 heavy (non-hydrogen) atoms.